The number of aromatic hydroxyl groups is 1. The monoisotopic (exact) mass is 448 g/mol. The Labute approximate surface area is 194 Å². The van der Waals surface area contributed by atoms with Crippen molar-refractivity contribution in [2.45, 2.75) is 44.9 Å². The van der Waals surface area contributed by atoms with Crippen molar-refractivity contribution >= 4 is 11.7 Å². The highest BCUT2D eigenvalue weighted by atomic mass is 16.3. The Morgan fingerprint density at radius 1 is 1.06 bits per heavy atom. The molecule has 0 saturated heterocycles. The van der Waals surface area contributed by atoms with Crippen LogP contribution in [0.2, 0.25) is 0 Å². The summed E-state index contributed by atoms with van der Waals surface area (Å²) >= 11 is 0. The van der Waals surface area contributed by atoms with Gasteiger partial charge in [-0.25, -0.2) is 4.98 Å². The number of aromatic nitrogens is 1. The Morgan fingerprint density at radius 3 is 2.48 bits per heavy atom. The number of rotatable bonds is 10. The maximum Gasteiger partial charge on any atom is 0.224 e. The van der Waals surface area contributed by atoms with Crippen LogP contribution >= 0.6 is 0 Å². The van der Waals surface area contributed by atoms with E-state index >= 15 is 0 Å². The van der Waals surface area contributed by atoms with Crippen molar-refractivity contribution < 1.29 is 15.0 Å². The number of carbonyl (C=O) groups excluding carboxylic acids is 1. The highest BCUT2D eigenvalue weighted by Crippen LogP contribution is 2.18. The standard InChI is InChI=1S/C26H32N4O3/c1-26(2,30-17-23(32)21-8-11-24(27)28-16-21)14-20-5-3-4-19(12-20)13-25(33)29-15-18-6-9-22(31)10-7-18/h3-12,16,23,30-32H,13-15,17H2,1-2H3,(H2,27,28)(H,29,33)/t23-/m0/s1. The zero-order chi connectivity index (χ0) is 23.8. The third-order valence-corrected chi connectivity index (χ3v) is 5.40. The minimum absolute atomic E-state index is 0.0576. The lowest BCUT2D eigenvalue weighted by Crippen LogP contribution is -2.43. The summed E-state index contributed by atoms with van der Waals surface area (Å²) in [4.78, 5) is 16.4. The van der Waals surface area contributed by atoms with Crippen molar-refractivity contribution in [2.24, 2.45) is 0 Å². The number of benzene rings is 2. The number of nitrogens with two attached hydrogens (primary N) is 1. The van der Waals surface area contributed by atoms with Gasteiger partial charge >= 0.3 is 0 Å². The number of aliphatic hydroxyl groups is 1. The number of hydrogen-bond donors (Lipinski definition) is 5. The van der Waals surface area contributed by atoms with Gasteiger partial charge in [0.2, 0.25) is 5.91 Å². The van der Waals surface area contributed by atoms with Crippen LogP contribution in [0.15, 0.2) is 66.9 Å². The van der Waals surface area contributed by atoms with Crippen LogP contribution in [0, 0.1) is 0 Å². The molecule has 0 unspecified atom stereocenters. The van der Waals surface area contributed by atoms with E-state index in [9.17, 15) is 15.0 Å². The molecule has 7 nitrogen and oxygen atoms in total. The van der Waals surface area contributed by atoms with E-state index in [-0.39, 0.29) is 17.2 Å². The molecule has 3 rings (SSSR count). The molecule has 1 atom stereocenters. The highest BCUT2D eigenvalue weighted by molar-refractivity contribution is 5.78. The van der Waals surface area contributed by atoms with Crippen molar-refractivity contribution in [3.8, 4) is 5.75 Å². The van der Waals surface area contributed by atoms with Crippen LogP contribution < -0.4 is 16.4 Å². The van der Waals surface area contributed by atoms with Gasteiger partial charge in [0.25, 0.3) is 0 Å². The fourth-order valence-electron chi connectivity index (χ4n) is 3.59. The molecule has 7 heteroatoms. The number of phenols is 1. The average Bonchev–Trinajstić information content (AvgIpc) is 2.77. The van der Waals surface area contributed by atoms with Gasteiger partial charge in [0.15, 0.2) is 0 Å². The van der Waals surface area contributed by atoms with E-state index in [1.807, 2.05) is 24.3 Å². The van der Waals surface area contributed by atoms with Crippen LogP contribution in [0.3, 0.4) is 0 Å². The molecule has 0 aliphatic heterocycles. The number of β-amino-alcohol motifs (C(OH)–C–C–N with tert-alkyl or cyclic N) is 1. The van der Waals surface area contributed by atoms with E-state index < -0.39 is 6.10 Å². The van der Waals surface area contributed by atoms with Gasteiger partial charge in [-0.05, 0) is 55.2 Å². The summed E-state index contributed by atoms with van der Waals surface area (Å²) in [6.07, 6.45) is 1.94. The Hall–Kier alpha value is -3.42. The summed E-state index contributed by atoms with van der Waals surface area (Å²) in [5.74, 6) is 0.571. The Kier molecular flexibility index (Phi) is 8.03. The number of hydrogen-bond acceptors (Lipinski definition) is 6. The van der Waals surface area contributed by atoms with E-state index in [1.165, 1.54) is 0 Å². The SMILES string of the molecule is CC(C)(Cc1cccc(CC(=O)NCc2ccc(O)cc2)c1)NC[C@H](O)c1ccc(N)nc1. The maximum absolute atomic E-state index is 12.4. The van der Waals surface area contributed by atoms with Crippen molar-refractivity contribution in [2.75, 3.05) is 12.3 Å². The molecule has 0 spiro atoms. The first kappa shape index (κ1) is 24.2. The molecule has 174 valence electrons. The molecule has 0 bridgehead atoms. The molecule has 0 aliphatic rings. The number of nitrogen functional groups attached to an aromatic ring is 1. The molecular weight excluding hydrogens is 416 g/mol. The molecule has 1 heterocycles. The Morgan fingerprint density at radius 2 is 1.79 bits per heavy atom. The third kappa shape index (κ3) is 7.89. The third-order valence-electron chi connectivity index (χ3n) is 5.40. The van der Waals surface area contributed by atoms with Crippen molar-refractivity contribution in [1.82, 2.24) is 15.6 Å². The van der Waals surface area contributed by atoms with Crippen LogP contribution in [-0.2, 0) is 24.2 Å². The van der Waals surface area contributed by atoms with E-state index in [0.717, 1.165) is 23.1 Å². The summed E-state index contributed by atoms with van der Waals surface area (Å²) in [6, 6.07) is 18.2. The number of nitrogens with zero attached hydrogens (tertiary/aromatic N) is 1. The molecule has 3 aromatic rings. The summed E-state index contributed by atoms with van der Waals surface area (Å²) in [7, 11) is 0. The van der Waals surface area contributed by atoms with Crippen LogP contribution in [0.4, 0.5) is 5.82 Å². The fourth-order valence-corrected chi connectivity index (χ4v) is 3.59. The average molecular weight is 449 g/mol. The summed E-state index contributed by atoms with van der Waals surface area (Å²) in [6.45, 7) is 4.97. The fraction of sp³-hybridized carbons (Fsp3) is 0.308. The van der Waals surface area contributed by atoms with Crippen molar-refractivity contribution in [1.29, 1.82) is 0 Å². The van der Waals surface area contributed by atoms with E-state index in [4.69, 9.17) is 5.73 Å². The number of nitrogens with one attached hydrogen (secondary N) is 2. The number of phenolic OH excluding ortho intramolecular Hbond substituents is 1. The summed E-state index contributed by atoms with van der Waals surface area (Å²) < 4.78 is 0. The zero-order valence-corrected chi connectivity index (χ0v) is 19.1. The number of pyridine rings is 1. The normalized spacial score (nSPS) is 12.3. The molecule has 6 N–H and O–H groups in total. The van der Waals surface area contributed by atoms with Gasteiger partial charge in [0, 0.05) is 30.4 Å². The van der Waals surface area contributed by atoms with Crippen LogP contribution in [0.1, 0.15) is 42.2 Å². The number of aliphatic hydroxyl groups excluding tert-OH is 1. The van der Waals surface area contributed by atoms with Crippen LogP contribution in [-0.4, -0.2) is 33.2 Å². The van der Waals surface area contributed by atoms with E-state index in [0.29, 0.717) is 30.9 Å². The quantitative estimate of drug-likeness (QED) is 0.325. The molecule has 0 saturated carbocycles. The predicted molar refractivity (Wildman–Crippen MR) is 129 cm³/mol. The van der Waals surface area contributed by atoms with Gasteiger partial charge in [-0.2, -0.15) is 0 Å². The van der Waals surface area contributed by atoms with Gasteiger partial charge in [-0.1, -0.05) is 42.5 Å². The lowest BCUT2D eigenvalue weighted by atomic mass is 9.93. The summed E-state index contributed by atoms with van der Waals surface area (Å²) in [5, 5.41) is 26.1. The first-order valence-corrected chi connectivity index (χ1v) is 11.0. The second kappa shape index (κ2) is 10.9. The maximum atomic E-state index is 12.4. The summed E-state index contributed by atoms with van der Waals surface area (Å²) in [5.41, 5.74) is 9.04. The van der Waals surface area contributed by atoms with Crippen LogP contribution in [0.5, 0.6) is 5.75 Å². The van der Waals surface area contributed by atoms with Gasteiger partial charge < -0.3 is 26.6 Å². The molecule has 2 aromatic carbocycles. The molecule has 0 radical (unpaired) electrons. The van der Waals surface area contributed by atoms with Gasteiger partial charge in [-0.15, -0.1) is 0 Å². The van der Waals surface area contributed by atoms with Crippen molar-refractivity contribution in [3.05, 3.63) is 89.1 Å². The molecule has 33 heavy (non-hydrogen) atoms. The van der Waals surface area contributed by atoms with E-state index in [1.54, 1.807) is 42.6 Å². The Bertz CT molecular complexity index is 1050. The second-order valence-electron chi connectivity index (χ2n) is 8.91. The smallest absolute Gasteiger partial charge is 0.224 e. The first-order valence-electron chi connectivity index (χ1n) is 11.0. The Balaban J connectivity index is 1.50. The lowest BCUT2D eigenvalue weighted by molar-refractivity contribution is -0.120. The second-order valence-corrected chi connectivity index (χ2v) is 8.91. The minimum Gasteiger partial charge on any atom is -0.508 e. The molecular formula is C26H32N4O3. The molecule has 0 fully saturated rings. The molecule has 1 aromatic heterocycles. The topological polar surface area (TPSA) is 120 Å². The first-order chi connectivity index (χ1) is 15.7. The minimum atomic E-state index is -0.680. The zero-order valence-electron chi connectivity index (χ0n) is 19.1. The molecule has 1 amide bonds. The highest BCUT2D eigenvalue weighted by Gasteiger charge is 2.20. The van der Waals surface area contributed by atoms with Crippen molar-refractivity contribution in [3.63, 3.8) is 0 Å². The van der Waals surface area contributed by atoms with Crippen LogP contribution in [0.25, 0.3) is 0 Å². The van der Waals surface area contributed by atoms with Gasteiger partial charge in [0.1, 0.15) is 11.6 Å². The van der Waals surface area contributed by atoms with E-state index in [2.05, 4.69) is 29.5 Å². The largest absolute Gasteiger partial charge is 0.508 e. The predicted octanol–water partition coefficient (Wildman–Crippen LogP) is 2.87. The van der Waals surface area contributed by atoms with Gasteiger partial charge in [0.05, 0.1) is 12.5 Å². The number of amides is 1. The number of carbonyl (C=O) groups is 1. The molecule has 0 aliphatic carbocycles. The van der Waals surface area contributed by atoms with Gasteiger partial charge in [-0.3, -0.25) is 4.79 Å². The number of anilines is 1. The lowest BCUT2D eigenvalue weighted by Gasteiger charge is -2.28.